The van der Waals surface area contributed by atoms with Crippen molar-refractivity contribution in [3.8, 4) is 0 Å². The highest BCUT2D eigenvalue weighted by Gasteiger charge is 2.22. The predicted molar refractivity (Wildman–Crippen MR) is 83.7 cm³/mol. The van der Waals surface area contributed by atoms with E-state index in [1.807, 2.05) is 6.20 Å². The minimum atomic E-state index is -0.313. The lowest BCUT2D eigenvalue weighted by atomic mass is 10.1. The van der Waals surface area contributed by atoms with E-state index < -0.39 is 0 Å². The van der Waals surface area contributed by atoms with Gasteiger partial charge in [-0.25, -0.2) is 9.97 Å². The van der Waals surface area contributed by atoms with Crippen LogP contribution in [-0.2, 0) is 24.1 Å². The van der Waals surface area contributed by atoms with Gasteiger partial charge in [-0.2, -0.15) is 0 Å². The molecule has 0 amide bonds. The zero-order valence-corrected chi connectivity index (χ0v) is 13.4. The Morgan fingerprint density at radius 1 is 1.23 bits per heavy atom. The molecule has 0 radical (unpaired) electrons. The fourth-order valence-corrected chi connectivity index (χ4v) is 3.16. The van der Waals surface area contributed by atoms with Crippen LogP contribution in [0.25, 0.3) is 0 Å². The molecule has 0 bridgehead atoms. The number of rotatable bonds is 5. The van der Waals surface area contributed by atoms with Gasteiger partial charge < -0.3 is 9.84 Å². The molecule has 0 spiro atoms. The van der Waals surface area contributed by atoms with E-state index in [1.54, 1.807) is 0 Å². The van der Waals surface area contributed by atoms with Crippen LogP contribution in [0.15, 0.2) is 6.20 Å². The van der Waals surface area contributed by atoms with Crippen LogP contribution in [0.4, 0.5) is 0 Å². The summed E-state index contributed by atoms with van der Waals surface area (Å²) in [6.07, 6.45) is 3.51. The van der Waals surface area contributed by atoms with E-state index in [1.165, 1.54) is 5.56 Å². The summed E-state index contributed by atoms with van der Waals surface area (Å²) in [5.41, 5.74) is 2.40. The fraction of sp³-hybridized carbons (Fsp3) is 0.750. The van der Waals surface area contributed by atoms with Crippen LogP contribution in [0.1, 0.15) is 24.0 Å². The molecule has 2 aliphatic heterocycles. The standard InChI is InChI=1S/C16H26N4O2/c1-2-16-17-9-13-3-4-20(12-15(13)18-16)11-14(21)10-19-5-7-22-8-6-19/h9,14,21H,2-8,10-12H2,1H3/t14-/m1/s1. The van der Waals surface area contributed by atoms with Crippen LogP contribution in [0, 0.1) is 0 Å². The monoisotopic (exact) mass is 306 g/mol. The van der Waals surface area contributed by atoms with Crippen molar-refractivity contribution >= 4 is 0 Å². The second-order valence-corrected chi connectivity index (χ2v) is 6.16. The quantitative estimate of drug-likeness (QED) is 0.832. The summed E-state index contributed by atoms with van der Waals surface area (Å²) in [7, 11) is 0. The van der Waals surface area contributed by atoms with Crippen molar-refractivity contribution in [3.63, 3.8) is 0 Å². The number of aryl methyl sites for hydroxylation is 1. The van der Waals surface area contributed by atoms with E-state index >= 15 is 0 Å². The second-order valence-electron chi connectivity index (χ2n) is 6.16. The molecule has 22 heavy (non-hydrogen) atoms. The van der Waals surface area contributed by atoms with E-state index in [2.05, 4.69) is 26.7 Å². The van der Waals surface area contributed by atoms with Crippen LogP contribution >= 0.6 is 0 Å². The average Bonchev–Trinajstić information content (AvgIpc) is 2.55. The van der Waals surface area contributed by atoms with Crippen molar-refractivity contribution in [1.29, 1.82) is 0 Å². The summed E-state index contributed by atoms with van der Waals surface area (Å²) < 4.78 is 5.34. The number of ether oxygens (including phenoxy) is 1. The van der Waals surface area contributed by atoms with Crippen molar-refractivity contribution in [1.82, 2.24) is 19.8 Å². The number of aliphatic hydroxyl groups is 1. The zero-order valence-electron chi connectivity index (χ0n) is 13.4. The van der Waals surface area contributed by atoms with Gasteiger partial charge in [0.15, 0.2) is 0 Å². The lowest BCUT2D eigenvalue weighted by Crippen LogP contribution is -2.45. The second kappa shape index (κ2) is 7.46. The van der Waals surface area contributed by atoms with Crippen molar-refractivity contribution in [2.24, 2.45) is 0 Å². The van der Waals surface area contributed by atoms with Crippen LogP contribution in [0.2, 0.25) is 0 Å². The topological polar surface area (TPSA) is 61.7 Å². The third-order valence-electron chi connectivity index (χ3n) is 4.43. The smallest absolute Gasteiger partial charge is 0.128 e. The zero-order chi connectivity index (χ0) is 15.4. The molecule has 1 aromatic rings. The SMILES string of the molecule is CCc1ncc2c(n1)CN(C[C@H](O)CN1CCOCC1)CC2. The van der Waals surface area contributed by atoms with Crippen molar-refractivity contribution < 1.29 is 9.84 Å². The molecular weight excluding hydrogens is 280 g/mol. The molecule has 6 heteroatoms. The Kier molecular flexibility index (Phi) is 5.36. The van der Waals surface area contributed by atoms with Crippen molar-refractivity contribution in [3.05, 3.63) is 23.3 Å². The highest BCUT2D eigenvalue weighted by Crippen LogP contribution is 2.17. The van der Waals surface area contributed by atoms with Crippen LogP contribution in [0.3, 0.4) is 0 Å². The van der Waals surface area contributed by atoms with Crippen LogP contribution in [0.5, 0.6) is 0 Å². The molecule has 0 saturated carbocycles. The highest BCUT2D eigenvalue weighted by molar-refractivity contribution is 5.20. The van der Waals surface area contributed by atoms with Gasteiger partial charge in [0.05, 0.1) is 25.0 Å². The number of aromatic nitrogens is 2. The molecule has 2 aliphatic rings. The van der Waals surface area contributed by atoms with Gasteiger partial charge in [0.1, 0.15) is 5.82 Å². The molecule has 122 valence electrons. The van der Waals surface area contributed by atoms with Gasteiger partial charge in [0, 0.05) is 51.9 Å². The number of hydrogen-bond acceptors (Lipinski definition) is 6. The molecule has 1 aromatic heterocycles. The Morgan fingerprint density at radius 3 is 2.77 bits per heavy atom. The van der Waals surface area contributed by atoms with Crippen LogP contribution < -0.4 is 0 Å². The number of hydrogen-bond donors (Lipinski definition) is 1. The number of nitrogens with zero attached hydrogens (tertiary/aromatic N) is 4. The average molecular weight is 306 g/mol. The normalized spacial score (nSPS) is 21.5. The lowest BCUT2D eigenvalue weighted by Gasteiger charge is -2.33. The fourth-order valence-electron chi connectivity index (χ4n) is 3.16. The Hall–Kier alpha value is -1.08. The number of aliphatic hydroxyl groups excluding tert-OH is 1. The molecule has 1 atom stereocenters. The molecule has 3 heterocycles. The van der Waals surface area contributed by atoms with E-state index in [4.69, 9.17) is 4.74 Å². The summed E-state index contributed by atoms with van der Waals surface area (Å²) in [5.74, 6) is 0.912. The van der Waals surface area contributed by atoms with Crippen molar-refractivity contribution in [2.45, 2.75) is 32.4 Å². The summed E-state index contributed by atoms with van der Waals surface area (Å²) in [6, 6.07) is 0. The van der Waals surface area contributed by atoms with E-state index in [-0.39, 0.29) is 6.10 Å². The molecule has 0 unspecified atom stereocenters. The first kappa shape index (κ1) is 15.8. The van der Waals surface area contributed by atoms with Gasteiger partial charge in [-0.15, -0.1) is 0 Å². The number of morpholine rings is 1. The first-order valence-electron chi connectivity index (χ1n) is 8.28. The van der Waals surface area contributed by atoms with Crippen molar-refractivity contribution in [2.75, 3.05) is 45.9 Å². The highest BCUT2D eigenvalue weighted by atomic mass is 16.5. The Bertz CT molecular complexity index is 491. The molecular formula is C16H26N4O2. The van der Waals surface area contributed by atoms with E-state index in [0.717, 1.165) is 70.3 Å². The van der Waals surface area contributed by atoms with Gasteiger partial charge in [-0.1, -0.05) is 6.92 Å². The molecule has 0 aliphatic carbocycles. The minimum Gasteiger partial charge on any atom is -0.390 e. The molecule has 6 nitrogen and oxygen atoms in total. The van der Waals surface area contributed by atoms with Gasteiger partial charge in [-0.3, -0.25) is 9.80 Å². The molecule has 1 saturated heterocycles. The summed E-state index contributed by atoms with van der Waals surface area (Å²) in [5, 5.41) is 10.3. The minimum absolute atomic E-state index is 0.313. The van der Waals surface area contributed by atoms with Gasteiger partial charge in [-0.05, 0) is 12.0 Å². The van der Waals surface area contributed by atoms with Crippen LogP contribution in [-0.4, -0.2) is 76.9 Å². The molecule has 1 N–H and O–H groups in total. The summed E-state index contributed by atoms with van der Waals surface area (Å²) in [4.78, 5) is 13.6. The third kappa shape index (κ3) is 4.01. The maximum atomic E-state index is 10.3. The first-order valence-corrected chi connectivity index (χ1v) is 8.28. The Morgan fingerprint density at radius 2 is 2.00 bits per heavy atom. The maximum absolute atomic E-state index is 10.3. The molecule has 1 fully saturated rings. The van der Waals surface area contributed by atoms with Gasteiger partial charge in [0.25, 0.3) is 0 Å². The first-order chi connectivity index (χ1) is 10.7. The predicted octanol–water partition coefficient (Wildman–Crippen LogP) is 0.0902. The van der Waals surface area contributed by atoms with Gasteiger partial charge in [0.2, 0.25) is 0 Å². The summed E-state index contributed by atoms with van der Waals surface area (Å²) in [6.45, 7) is 8.72. The number of fused-ring (bicyclic) bond motifs is 1. The van der Waals surface area contributed by atoms with Gasteiger partial charge >= 0.3 is 0 Å². The number of β-amino-alcohol motifs (C(OH)–C–C–N with tert-alkyl or cyclic N) is 1. The largest absolute Gasteiger partial charge is 0.390 e. The Balaban J connectivity index is 1.52. The molecule has 0 aromatic carbocycles. The van der Waals surface area contributed by atoms with E-state index in [9.17, 15) is 5.11 Å². The lowest BCUT2D eigenvalue weighted by molar-refractivity contribution is 0.00574. The Labute approximate surface area is 132 Å². The molecule has 3 rings (SSSR count). The third-order valence-corrected chi connectivity index (χ3v) is 4.43. The maximum Gasteiger partial charge on any atom is 0.128 e. The van der Waals surface area contributed by atoms with E-state index in [0.29, 0.717) is 6.54 Å². The summed E-state index contributed by atoms with van der Waals surface area (Å²) >= 11 is 0.